The van der Waals surface area contributed by atoms with Crippen LogP contribution in [0, 0.1) is 0 Å². The molecule has 1 heterocycles. The van der Waals surface area contributed by atoms with Crippen molar-refractivity contribution in [1.29, 1.82) is 0 Å². The van der Waals surface area contributed by atoms with Crippen molar-refractivity contribution in [2.45, 2.75) is 115 Å². The van der Waals surface area contributed by atoms with E-state index in [1.807, 2.05) is 12.1 Å². The van der Waals surface area contributed by atoms with Gasteiger partial charge in [0.1, 0.15) is 21.6 Å². The Kier molecular flexibility index (Phi) is 17.5. The molecule has 9 heteroatoms. The van der Waals surface area contributed by atoms with Crippen molar-refractivity contribution in [3.8, 4) is 23.1 Å². The van der Waals surface area contributed by atoms with E-state index in [4.69, 9.17) is 9.47 Å². The van der Waals surface area contributed by atoms with Crippen molar-refractivity contribution in [3.63, 3.8) is 0 Å². The number of hydrogen-bond donors (Lipinski definition) is 0. The van der Waals surface area contributed by atoms with Gasteiger partial charge in [-0.2, -0.15) is 5.10 Å². The Bertz CT molecular complexity index is 1260. The van der Waals surface area contributed by atoms with Gasteiger partial charge in [0.05, 0.1) is 23.4 Å². The molecule has 0 spiro atoms. The van der Waals surface area contributed by atoms with Crippen LogP contribution in [0.4, 0.5) is 0 Å². The van der Waals surface area contributed by atoms with Gasteiger partial charge in [-0.1, -0.05) is 115 Å². The molecule has 0 aliphatic rings. The van der Waals surface area contributed by atoms with Crippen molar-refractivity contribution in [3.05, 3.63) is 60.3 Å². The zero-order valence-electron chi connectivity index (χ0n) is 25.9. The standard InChI is InChI=1S/C33H48N2O5S.Na/c1-3-4-5-6-7-8-9-10-11-12-13-14-15-16-18-21-28-26-33(39-2)35(34-28)29-24-25-31(32(27-29)41(36,37)38)40-30-22-19-17-20-23-30;/h17,19-20,22-27H,3-16,18,21H2,1-2H3,(H,36,37,38);/q;+1/p-1. The van der Waals surface area contributed by atoms with Gasteiger partial charge < -0.3 is 14.0 Å². The minimum absolute atomic E-state index is 0. The third-order valence-corrected chi connectivity index (χ3v) is 8.24. The molecule has 0 amide bonds. The van der Waals surface area contributed by atoms with E-state index in [1.54, 1.807) is 37.4 Å². The number of benzene rings is 2. The maximum atomic E-state index is 12.1. The number of rotatable bonds is 21. The SMILES string of the molecule is CCCCCCCCCCCCCCCCCc1cc(OC)n(-c2ccc(Oc3ccccc3)c(S(=O)(=O)[O-])c2)n1.[Na+]. The van der Waals surface area contributed by atoms with Crippen LogP contribution in [0.3, 0.4) is 0 Å². The Labute approximate surface area is 275 Å². The van der Waals surface area contributed by atoms with Crippen LogP contribution in [0.2, 0.25) is 0 Å². The number of hydrogen-bond acceptors (Lipinski definition) is 6. The monoisotopic (exact) mass is 606 g/mol. The minimum Gasteiger partial charge on any atom is -0.744 e. The van der Waals surface area contributed by atoms with Gasteiger partial charge in [-0.15, -0.1) is 0 Å². The molecule has 0 unspecified atom stereocenters. The molecule has 0 saturated heterocycles. The fraction of sp³-hybridized carbons (Fsp3) is 0.545. The summed E-state index contributed by atoms with van der Waals surface area (Å²) >= 11 is 0. The molecule has 7 nitrogen and oxygen atoms in total. The molecule has 0 radical (unpaired) electrons. The zero-order valence-corrected chi connectivity index (χ0v) is 28.7. The van der Waals surface area contributed by atoms with E-state index in [0.717, 1.165) is 25.0 Å². The molecule has 0 fully saturated rings. The van der Waals surface area contributed by atoms with Crippen LogP contribution in [-0.4, -0.2) is 29.9 Å². The second kappa shape index (κ2) is 20.2. The molecule has 0 N–H and O–H groups in total. The zero-order chi connectivity index (χ0) is 29.3. The molecule has 3 aromatic rings. The third-order valence-electron chi connectivity index (χ3n) is 7.39. The average molecular weight is 607 g/mol. The van der Waals surface area contributed by atoms with Gasteiger partial charge in [0.25, 0.3) is 0 Å². The second-order valence-electron chi connectivity index (χ2n) is 10.8. The fourth-order valence-electron chi connectivity index (χ4n) is 5.06. The fourth-order valence-corrected chi connectivity index (χ4v) is 5.69. The number of unbranched alkanes of at least 4 members (excludes halogenated alkanes) is 14. The Morgan fingerprint density at radius 1 is 0.762 bits per heavy atom. The van der Waals surface area contributed by atoms with Crippen molar-refractivity contribution < 1.29 is 52.0 Å². The molecule has 42 heavy (non-hydrogen) atoms. The molecule has 0 aliphatic heterocycles. The summed E-state index contributed by atoms with van der Waals surface area (Å²) in [6.07, 6.45) is 20.6. The summed E-state index contributed by atoms with van der Waals surface area (Å²) in [5, 5.41) is 4.65. The van der Waals surface area contributed by atoms with Crippen LogP contribution in [0.25, 0.3) is 5.69 Å². The maximum absolute atomic E-state index is 12.1. The molecule has 2 aromatic carbocycles. The van der Waals surface area contributed by atoms with Crippen molar-refractivity contribution in [2.24, 2.45) is 0 Å². The average Bonchev–Trinajstić information content (AvgIpc) is 3.38. The normalized spacial score (nSPS) is 11.3. The minimum atomic E-state index is -4.79. The first-order chi connectivity index (χ1) is 19.9. The van der Waals surface area contributed by atoms with E-state index in [2.05, 4.69) is 12.0 Å². The largest absolute Gasteiger partial charge is 1.00 e. The van der Waals surface area contributed by atoms with Gasteiger partial charge >= 0.3 is 29.6 Å². The van der Waals surface area contributed by atoms with Crippen molar-refractivity contribution in [1.82, 2.24) is 9.78 Å². The Morgan fingerprint density at radius 3 is 1.83 bits per heavy atom. The van der Waals surface area contributed by atoms with E-state index < -0.39 is 15.0 Å². The van der Waals surface area contributed by atoms with Gasteiger partial charge in [-0.25, -0.2) is 13.1 Å². The Balaban J connectivity index is 0.00000616. The quantitative estimate of drug-likeness (QED) is 0.0840. The van der Waals surface area contributed by atoms with E-state index in [-0.39, 0.29) is 35.3 Å². The van der Waals surface area contributed by atoms with E-state index in [0.29, 0.717) is 17.3 Å². The molecule has 3 rings (SSSR count). The number of ether oxygens (including phenoxy) is 2. The second-order valence-corrected chi connectivity index (χ2v) is 12.1. The van der Waals surface area contributed by atoms with Crippen molar-refractivity contribution >= 4 is 10.1 Å². The van der Waals surface area contributed by atoms with Gasteiger partial charge in [0.15, 0.2) is 0 Å². The number of para-hydroxylation sites is 1. The number of aromatic nitrogens is 2. The van der Waals surface area contributed by atoms with Crippen LogP contribution in [0.5, 0.6) is 17.4 Å². The summed E-state index contributed by atoms with van der Waals surface area (Å²) < 4.78 is 48.9. The molecule has 1 aromatic heterocycles. The van der Waals surface area contributed by atoms with Crippen LogP contribution in [-0.2, 0) is 16.5 Å². The molecule has 226 valence electrons. The first kappa shape index (κ1) is 36.4. The summed E-state index contributed by atoms with van der Waals surface area (Å²) in [5.41, 5.74) is 1.28. The molecule has 0 saturated carbocycles. The van der Waals surface area contributed by atoms with Crippen LogP contribution < -0.4 is 39.0 Å². The van der Waals surface area contributed by atoms with Gasteiger partial charge in [0.2, 0.25) is 5.88 Å². The van der Waals surface area contributed by atoms with Crippen LogP contribution in [0.1, 0.15) is 109 Å². The van der Waals surface area contributed by atoms with Crippen LogP contribution >= 0.6 is 0 Å². The molecule has 0 bridgehead atoms. The van der Waals surface area contributed by atoms with Crippen LogP contribution in [0.15, 0.2) is 59.5 Å². The summed E-state index contributed by atoms with van der Waals surface area (Å²) in [7, 11) is -3.25. The number of aryl methyl sites for hydroxylation is 1. The first-order valence-corrected chi connectivity index (χ1v) is 16.8. The molecular formula is C33H47N2NaO5S. The molecule has 0 aliphatic carbocycles. The summed E-state index contributed by atoms with van der Waals surface area (Å²) in [6.45, 7) is 2.27. The molecular weight excluding hydrogens is 559 g/mol. The Hall–Kier alpha value is -1.84. The summed E-state index contributed by atoms with van der Waals surface area (Å²) in [6, 6.07) is 15.0. The van der Waals surface area contributed by atoms with Crippen molar-refractivity contribution in [2.75, 3.05) is 7.11 Å². The van der Waals surface area contributed by atoms with Gasteiger partial charge in [-0.05, 0) is 43.2 Å². The van der Waals surface area contributed by atoms with Gasteiger partial charge in [-0.3, -0.25) is 0 Å². The predicted molar refractivity (Wildman–Crippen MR) is 163 cm³/mol. The van der Waals surface area contributed by atoms with E-state index in [1.165, 1.54) is 100 Å². The van der Waals surface area contributed by atoms with E-state index >= 15 is 0 Å². The maximum Gasteiger partial charge on any atom is 1.00 e. The first-order valence-electron chi connectivity index (χ1n) is 15.4. The molecule has 0 atom stereocenters. The number of methoxy groups -OCH3 is 1. The number of nitrogens with zero attached hydrogens (tertiary/aromatic N) is 2. The van der Waals surface area contributed by atoms with E-state index in [9.17, 15) is 13.0 Å². The third kappa shape index (κ3) is 12.8. The smallest absolute Gasteiger partial charge is 0.744 e. The Morgan fingerprint density at radius 2 is 1.31 bits per heavy atom. The predicted octanol–water partition coefficient (Wildman–Crippen LogP) is 6.00. The summed E-state index contributed by atoms with van der Waals surface area (Å²) in [5.74, 6) is 0.888. The summed E-state index contributed by atoms with van der Waals surface area (Å²) in [4.78, 5) is -0.444. The van der Waals surface area contributed by atoms with Gasteiger partial charge in [0, 0.05) is 6.07 Å². The topological polar surface area (TPSA) is 93.5 Å².